The zero-order chi connectivity index (χ0) is 29.6. The molecule has 40 heavy (non-hydrogen) atoms. The summed E-state index contributed by atoms with van der Waals surface area (Å²) >= 11 is 0. The topological polar surface area (TPSA) is 110 Å². The average molecular weight is 566 g/mol. The molecule has 0 spiro atoms. The minimum Gasteiger partial charge on any atom is -0.488 e. The summed E-state index contributed by atoms with van der Waals surface area (Å²) in [4.78, 5) is 28.4. The van der Waals surface area contributed by atoms with Crippen molar-refractivity contribution >= 4 is 11.8 Å². The van der Waals surface area contributed by atoms with Gasteiger partial charge >= 0.3 is 6.18 Å². The van der Waals surface area contributed by atoms with Crippen LogP contribution in [0.4, 0.5) is 13.2 Å². The van der Waals surface area contributed by atoms with E-state index in [0.29, 0.717) is 5.92 Å². The fourth-order valence-corrected chi connectivity index (χ4v) is 5.02. The van der Waals surface area contributed by atoms with Crippen molar-refractivity contribution in [1.29, 1.82) is 0 Å². The van der Waals surface area contributed by atoms with Gasteiger partial charge in [0.15, 0.2) is 0 Å². The van der Waals surface area contributed by atoms with Crippen LogP contribution >= 0.6 is 0 Å². The first-order valence-electron chi connectivity index (χ1n) is 13.5. The van der Waals surface area contributed by atoms with Gasteiger partial charge in [0.2, 0.25) is 11.8 Å². The van der Waals surface area contributed by atoms with Gasteiger partial charge in [0.25, 0.3) is 0 Å². The number of hydrogen-bond donors (Lipinski definition) is 2. The molecule has 2 aromatic rings. The second-order valence-electron chi connectivity index (χ2n) is 12.8. The molecule has 12 heteroatoms. The number of aliphatic hydroxyl groups excluding tert-OH is 1. The van der Waals surface area contributed by atoms with E-state index in [1.807, 2.05) is 20.8 Å². The van der Waals surface area contributed by atoms with Crippen LogP contribution < -0.4 is 10.1 Å². The summed E-state index contributed by atoms with van der Waals surface area (Å²) in [5, 5.41) is 21.4. The Bertz CT molecular complexity index is 1240. The number of carbonyl (C=O) groups is 2. The largest absolute Gasteiger partial charge is 0.488 e. The van der Waals surface area contributed by atoms with Crippen LogP contribution in [0.5, 0.6) is 5.75 Å². The normalized spacial score (nSPS) is 20.9. The minimum absolute atomic E-state index is 0.0242. The Labute approximate surface area is 232 Å². The Kier molecular flexibility index (Phi) is 7.96. The Morgan fingerprint density at radius 1 is 1.15 bits per heavy atom. The molecule has 3 atom stereocenters. The highest BCUT2D eigenvalue weighted by Crippen LogP contribution is 2.40. The number of alkyl halides is 3. The first-order valence-corrected chi connectivity index (χ1v) is 13.5. The van der Waals surface area contributed by atoms with Crippen LogP contribution in [0, 0.1) is 5.41 Å². The van der Waals surface area contributed by atoms with Gasteiger partial charge in [-0.3, -0.25) is 9.59 Å². The van der Waals surface area contributed by atoms with Gasteiger partial charge in [0.1, 0.15) is 23.4 Å². The summed E-state index contributed by atoms with van der Waals surface area (Å²) in [6.45, 7) is 10.3. The third-order valence-electron chi connectivity index (χ3n) is 6.97. The van der Waals surface area contributed by atoms with Gasteiger partial charge in [-0.05, 0) is 56.7 Å². The third-order valence-corrected chi connectivity index (χ3v) is 6.97. The lowest BCUT2D eigenvalue weighted by atomic mass is 9.85. The van der Waals surface area contributed by atoms with Crippen molar-refractivity contribution in [2.45, 2.75) is 103 Å². The van der Waals surface area contributed by atoms with E-state index in [1.165, 1.54) is 21.7 Å². The second kappa shape index (κ2) is 10.7. The first-order chi connectivity index (χ1) is 18.4. The summed E-state index contributed by atoms with van der Waals surface area (Å²) in [5.74, 6) is -0.641. The number of nitrogens with one attached hydrogen (secondary N) is 1. The van der Waals surface area contributed by atoms with Crippen molar-refractivity contribution in [2.75, 3.05) is 6.54 Å². The predicted octanol–water partition coefficient (Wildman–Crippen LogP) is 4.22. The maximum Gasteiger partial charge on any atom is 0.416 e. The van der Waals surface area contributed by atoms with Gasteiger partial charge in [-0.15, -0.1) is 5.10 Å². The van der Waals surface area contributed by atoms with Gasteiger partial charge in [-0.1, -0.05) is 32.1 Å². The van der Waals surface area contributed by atoms with E-state index >= 15 is 0 Å². The molecule has 9 nitrogen and oxygen atoms in total. The van der Waals surface area contributed by atoms with Crippen LogP contribution in [0.15, 0.2) is 24.4 Å². The molecule has 0 bridgehead atoms. The van der Waals surface area contributed by atoms with E-state index in [2.05, 4.69) is 15.6 Å². The number of β-amino-alcohol motifs (C(OH)–C–C–N with tert-alkyl or cyclic N) is 1. The van der Waals surface area contributed by atoms with Gasteiger partial charge in [-0.25, -0.2) is 4.68 Å². The molecule has 1 aliphatic carbocycles. The molecule has 2 unspecified atom stereocenters. The van der Waals surface area contributed by atoms with Crippen molar-refractivity contribution in [1.82, 2.24) is 25.2 Å². The lowest BCUT2D eigenvalue weighted by molar-refractivity contribution is -0.144. The van der Waals surface area contributed by atoms with Crippen molar-refractivity contribution in [3.63, 3.8) is 0 Å². The van der Waals surface area contributed by atoms with E-state index < -0.39 is 59.3 Å². The molecule has 2 fully saturated rings. The molecular formula is C28H38F3N5O4. The Hall–Kier alpha value is -3.15. The molecule has 1 saturated heterocycles. The average Bonchev–Trinajstić information content (AvgIpc) is 3.42. The van der Waals surface area contributed by atoms with Gasteiger partial charge in [0.05, 0.1) is 17.4 Å². The van der Waals surface area contributed by atoms with E-state index in [4.69, 9.17) is 4.74 Å². The van der Waals surface area contributed by atoms with E-state index in [1.54, 1.807) is 27.0 Å². The molecule has 2 amide bonds. The highest BCUT2D eigenvalue weighted by Gasteiger charge is 2.45. The number of benzene rings is 1. The number of ether oxygens (including phenoxy) is 1. The van der Waals surface area contributed by atoms with Crippen LogP contribution in [-0.2, 0) is 22.3 Å². The molecule has 2 N–H and O–H groups in total. The van der Waals surface area contributed by atoms with E-state index in [0.717, 1.165) is 24.6 Å². The number of carbonyl (C=O) groups excluding carboxylic acids is 2. The highest BCUT2D eigenvalue weighted by atomic mass is 19.4. The quantitative estimate of drug-likeness (QED) is 0.521. The maximum absolute atomic E-state index is 13.9. The van der Waals surface area contributed by atoms with Crippen LogP contribution in [-0.4, -0.2) is 61.1 Å². The number of halogens is 3. The highest BCUT2D eigenvalue weighted by molar-refractivity contribution is 5.90. The number of likely N-dealkylation sites (tertiary alicyclic amines) is 1. The van der Waals surface area contributed by atoms with Crippen molar-refractivity contribution < 1.29 is 32.6 Å². The number of amides is 2. The second-order valence-corrected chi connectivity index (χ2v) is 12.8. The summed E-state index contributed by atoms with van der Waals surface area (Å²) in [6.07, 6.45) is -1.83. The first kappa shape index (κ1) is 29.8. The summed E-state index contributed by atoms with van der Waals surface area (Å²) in [7, 11) is 0. The minimum atomic E-state index is -4.67. The lowest BCUT2D eigenvalue weighted by Crippen LogP contribution is -2.50. The van der Waals surface area contributed by atoms with Crippen molar-refractivity contribution in [3.8, 4) is 5.75 Å². The van der Waals surface area contributed by atoms with Gasteiger partial charge in [0, 0.05) is 31.6 Å². The molecule has 1 aromatic carbocycles. The molecule has 2 heterocycles. The van der Waals surface area contributed by atoms with Crippen LogP contribution in [0.1, 0.15) is 89.6 Å². The molecule has 220 valence electrons. The number of hydrogen-bond acceptors (Lipinski definition) is 6. The summed E-state index contributed by atoms with van der Waals surface area (Å²) in [5.41, 5.74) is -1.52. The van der Waals surface area contributed by atoms with Gasteiger partial charge < -0.3 is 20.1 Å². The molecule has 1 saturated carbocycles. The van der Waals surface area contributed by atoms with Crippen LogP contribution in [0.3, 0.4) is 0 Å². The Morgan fingerprint density at radius 3 is 2.40 bits per heavy atom. The molecule has 4 rings (SSSR count). The Morgan fingerprint density at radius 2 is 1.82 bits per heavy atom. The maximum atomic E-state index is 13.9. The fraction of sp³-hybridized carbons (Fsp3) is 0.643. The van der Waals surface area contributed by atoms with Crippen LogP contribution in [0.2, 0.25) is 0 Å². The zero-order valence-corrected chi connectivity index (χ0v) is 23.7. The zero-order valence-electron chi connectivity index (χ0n) is 23.7. The Balaban J connectivity index is 1.52. The number of aliphatic hydroxyl groups is 1. The van der Waals surface area contributed by atoms with Crippen molar-refractivity contribution in [3.05, 3.63) is 41.2 Å². The van der Waals surface area contributed by atoms with E-state index in [-0.39, 0.29) is 24.3 Å². The predicted molar refractivity (Wildman–Crippen MR) is 140 cm³/mol. The molecule has 0 radical (unpaired) electrons. The molecule has 1 aliphatic heterocycles. The standard InChI is InChI=1S/C28H38F3N5O4/c1-26(2,3)23(36-15-21(33-34-36)16-7-8-16)25(39)35-14-18(37)11-22(35)24(38)32-13-17-9-10-19(40-27(4,5)6)12-20(17)28(29,30)31/h9-10,12,15-16,18,22-23,37H,7-8,11,13-14H2,1-6H3,(H,32,38)/t18?,22?,23-/m1/s1. The number of aromatic nitrogens is 3. The van der Waals surface area contributed by atoms with Gasteiger partial charge in [-0.2, -0.15) is 13.2 Å². The molecular weight excluding hydrogens is 527 g/mol. The third kappa shape index (κ3) is 6.94. The SMILES string of the molecule is CC(C)(C)Oc1ccc(CNC(=O)C2CC(O)CN2C(=O)[C@@H](n2cc(C3CC3)nn2)C(C)(C)C)c(C(F)(F)F)c1. The number of nitrogens with zero attached hydrogens (tertiary/aromatic N) is 4. The molecule has 1 aromatic heterocycles. The molecule has 2 aliphatic rings. The number of rotatable bonds is 7. The smallest absolute Gasteiger partial charge is 0.416 e. The summed E-state index contributed by atoms with van der Waals surface area (Å²) < 4.78 is 48.7. The summed E-state index contributed by atoms with van der Waals surface area (Å²) in [6, 6.07) is 1.79. The van der Waals surface area contributed by atoms with E-state index in [9.17, 15) is 27.9 Å². The van der Waals surface area contributed by atoms with Crippen LogP contribution in [0.25, 0.3) is 0 Å². The lowest BCUT2D eigenvalue weighted by Gasteiger charge is -2.34. The monoisotopic (exact) mass is 565 g/mol. The van der Waals surface area contributed by atoms with Crippen molar-refractivity contribution in [2.24, 2.45) is 5.41 Å². The fourth-order valence-electron chi connectivity index (χ4n) is 5.02.